The summed E-state index contributed by atoms with van der Waals surface area (Å²) in [4.78, 5) is 21.2. The Morgan fingerprint density at radius 1 is 1.00 bits per heavy atom. The number of hydrogen-bond acceptors (Lipinski definition) is 4. The van der Waals surface area contributed by atoms with E-state index in [4.69, 9.17) is 0 Å². The van der Waals surface area contributed by atoms with Crippen LogP contribution in [0.5, 0.6) is 0 Å². The molecule has 1 saturated heterocycles. The number of benzene rings is 2. The minimum Gasteiger partial charge on any atom is -0.372 e. The summed E-state index contributed by atoms with van der Waals surface area (Å²) in [5, 5.41) is 3.30. The van der Waals surface area contributed by atoms with E-state index in [1.54, 1.807) is 11.1 Å². The summed E-state index contributed by atoms with van der Waals surface area (Å²) in [7, 11) is 1.81. The lowest BCUT2D eigenvalue weighted by atomic mass is 10.2. The van der Waals surface area contributed by atoms with Gasteiger partial charge in [-0.1, -0.05) is 30.3 Å². The van der Waals surface area contributed by atoms with E-state index < -0.39 is 0 Å². The molecule has 4 rings (SSSR count). The van der Waals surface area contributed by atoms with Gasteiger partial charge in [0.15, 0.2) is 0 Å². The summed E-state index contributed by atoms with van der Waals surface area (Å²) in [6, 6.07) is 22.1. The molecule has 1 aliphatic rings. The molecule has 0 aliphatic carbocycles. The highest BCUT2D eigenvalue weighted by Gasteiger charge is 2.13. The van der Waals surface area contributed by atoms with Gasteiger partial charge in [0.25, 0.3) is 5.91 Å². The van der Waals surface area contributed by atoms with Crippen LogP contribution in [-0.2, 0) is 6.54 Å². The van der Waals surface area contributed by atoms with Gasteiger partial charge in [-0.3, -0.25) is 4.79 Å². The fourth-order valence-corrected chi connectivity index (χ4v) is 3.62. The Morgan fingerprint density at radius 3 is 2.38 bits per heavy atom. The Hall–Kier alpha value is -3.34. The maximum absolute atomic E-state index is 12.6. The topological polar surface area (TPSA) is 48.5 Å². The lowest BCUT2D eigenvalue weighted by Gasteiger charge is -2.18. The van der Waals surface area contributed by atoms with Crippen molar-refractivity contribution in [2.24, 2.45) is 0 Å². The number of carbonyl (C=O) groups is 1. The Kier molecular flexibility index (Phi) is 5.75. The first kappa shape index (κ1) is 19.0. The first-order valence-electron chi connectivity index (χ1n) is 10.1. The average Bonchev–Trinajstić information content (AvgIpc) is 3.30. The number of nitrogens with one attached hydrogen (secondary N) is 1. The SMILES string of the molecule is CN(Cc1ccccc1)C(=O)c1ccc(Nc2ccc(N3CCCC3)cc2)nc1. The van der Waals surface area contributed by atoms with E-state index in [9.17, 15) is 4.79 Å². The summed E-state index contributed by atoms with van der Waals surface area (Å²) >= 11 is 0. The van der Waals surface area contributed by atoms with E-state index in [1.165, 1.54) is 18.5 Å². The third-order valence-electron chi connectivity index (χ3n) is 5.23. The molecule has 0 bridgehead atoms. The molecule has 148 valence electrons. The summed E-state index contributed by atoms with van der Waals surface area (Å²) in [5.41, 5.74) is 3.94. The molecule has 0 saturated carbocycles. The lowest BCUT2D eigenvalue weighted by molar-refractivity contribution is 0.0784. The second-order valence-corrected chi connectivity index (χ2v) is 7.44. The molecule has 0 spiro atoms. The molecule has 5 nitrogen and oxygen atoms in total. The molecule has 0 radical (unpaired) electrons. The quantitative estimate of drug-likeness (QED) is 0.667. The van der Waals surface area contributed by atoms with Gasteiger partial charge < -0.3 is 15.1 Å². The van der Waals surface area contributed by atoms with Gasteiger partial charge in [0.05, 0.1) is 5.56 Å². The molecule has 3 aromatic rings. The standard InChI is InChI=1S/C24H26N4O/c1-27(18-19-7-3-2-4-8-19)24(29)20-9-14-23(25-17-20)26-21-10-12-22(13-11-21)28-15-5-6-16-28/h2-4,7-14,17H,5-6,15-16,18H2,1H3,(H,25,26). The summed E-state index contributed by atoms with van der Waals surface area (Å²) < 4.78 is 0. The van der Waals surface area contributed by atoms with Crippen molar-refractivity contribution < 1.29 is 4.79 Å². The molecule has 1 aliphatic heterocycles. The Labute approximate surface area is 172 Å². The van der Waals surface area contributed by atoms with Crippen molar-refractivity contribution in [1.82, 2.24) is 9.88 Å². The summed E-state index contributed by atoms with van der Waals surface area (Å²) in [6.07, 6.45) is 4.18. The molecule has 0 unspecified atom stereocenters. The summed E-state index contributed by atoms with van der Waals surface area (Å²) in [5.74, 6) is 0.684. The largest absolute Gasteiger partial charge is 0.372 e. The average molecular weight is 386 g/mol. The molecular formula is C24H26N4O. The third-order valence-corrected chi connectivity index (χ3v) is 5.23. The Bertz CT molecular complexity index is 933. The van der Waals surface area contributed by atoms with Crippen molar-refractivity contribution in [3.05, 3.63) is 84.1 Å². The number of anilines is 3. The second-order valence-electron chi connectivity index (χ2n) is 7.44. The van der Waals surface area contributed by atoms with Crippen LogP contribution in [0.15, 0.2) is 72.9 Å². The number of hydrogen-bond donors (Lipinski definition) is 1. The molecule has 1 amide bonds. The Morgan fingerprint density at radius 2 is 1.72 bits per heavy atom. The van der Waals surface area contributed by atoms with Crippen molar-refractivity contribution in [2.45, 2.75) is 19.4 Å². The number of rotatable bonds is 6. The predicted molar refractivity (Wildman–Crippen MR) is 118 cm³/mol. The van der Waals surface area contributed by atoms with Crippen LogP contribution in [0.3, 0.4) is 0 Å². The molecule has 1 N–H and O–H groups in total. The van der Waals surface area contributed by atoms with Crippen molar-refractivity contribution >= 4 is 23.1 Å². The summed E-state index contributed by atoms with van der Waals surface area (Å²) in [6.45, 7) is 2.86. The first-order chi connectivity index (χ1) is 14.2. The van der Waals surface area contributed by atoms with Crippen molar-refractivity contribution in [3.63, 3.8) is 0 Å². The monoisotopic (exact) mass is 386 g/mol. The van der Waals surface area contributed by atoms with E-state index in [-0.39, 0.29) is 5.91 Å². The van der Waals surface area contributed by atoms with Crippen molar-refractivity contribution in [2.75, 3.05) is 30.4 Å². The molecule has 29 heavy (non-hydrogen) atoms. The molecule has 2 aromatic carbocycles. The molecule has 1 fully saturated rings. The van der Waals surface area contributed by atoms with Gasteiger partial charge in [0.2, 0.25) is 0 Å². The van der Waals surface area contributed by atoms with Gasteiger partial charge in [-0.25, -0.2) is 4.98 Å². The van der Waals surface area contributed by atoms with E-state index >= 15 is 0 Å². The van der Waals surface area contributed by atoms with Crippen molar-refractivity contribution in [1.29, 1.82) is 0 Å². The maximum atomic E-state index is 12.6. The molecule has 1 aromatic heterocycles. The third kappa shape index (κ3) is 4.74. The number of aromatic nitrogens is 1. The van der Waals surface area contributed by atoms with E-state index in [0.717, 1.165) is 30.2 Å². The van der Waals surface area contributed by atoms with E-state index in [1.807, 2.05) is 49.5 Å². The highest BCUT2D eigenvalue weighted by molar-refractivity contribution is 5.94. The lowest BCUT2D eigenvalue weighted by Crippen LogP contribution is -2.26. The number of carbonyl (C=O) groups excluding carboxylic acids is 1. The van der Waals surface area contributed by atoms with E-state index in [2.05, 4.69) is 39.5 Å². The fourth-order valence-electron chi connectivity index (χ4n) is 3.62. The molecular weight excluding hydrogens is 360 g/mol. The zero-order chi connectivity index (χ0) is 20.1. The number of amides is 1. The number of pyridine rings is 1. The van der Waals surface area contributed by atoms with E-state index in [0.29, 0.717) is 12.1 Å². The van der Waals surface area contributed by atoms with Gasteiger partial charge in [0.1, 0.15) is 5.82 Å². The van der Waals surface area contributed by atoms with Gasteiger partial charge >= 0.3 is 0 Å². The predicted octanol–water partition coefficient (Wildman–Crippen LogP) is 4.70. The second kappa shape index (κ2) is 8.78. The van der Waals surface area contributed by atoms with Gasteiger partial charge in [0, 0.05) is 44.3 Å². The fraction of sp³-hybridized carbons (Fsp3) is 0.250. The smallest absolute Gasteiger partial charge is 0.255 e. The molecule has 2 heterocycles. The first-order valence-corrected chi connectivity index (χ1v) is 10.1. The van der Waals surface area contributed by atoms with Crippen LogP contribution in [0.2, 0.25) is 0 Å². The van der Waals surface area contributed by atoms with Gasteiger partial charge in [-0.05, 0) is 54.8 Å². The van der Waals surface area contributed by atoms with Gasteiger partial charge in [-0.2, -0.15) is 0 Å². The zero-order valence-corrected chi connectivity index (χ0v) is 16.7. The minimum absolute atomic E-state index is 0.0390. The maximum Gasteiger partial charge on any atom is 0.255 e. The van der Waals surface area contributed by atoms with Crippen LogP contribution >= 0.6 is 0 Å². The highest BCUT2D eigenvalue weighted by atomic mass is 16.2. The van der Waals surface area contributed by atoms with Crippen molar-refractivity contribution in [3.8, 4) is 0 Å². The van der Waals surface area contributed by atoms with Crippen LogP contribution in [0.25, 0.3) is 0 Å². The van der Waals surface area contributed by atoms with Crippen LogP contribution < -0.4 is 10.2 Å². The van der Waals surface area contributed by atoms with Crippen LogP contribution in [0.4, 0.5) is 17.2 Å². The van der Waals surface area contributed by atoms with Gasteiger partial charge in [-0.15, -0.1) is 0 Å². The Balaban J connectivity index is 1.36. The minimum atomic E-state index is -0.0390. The highest BCUT2D eigenvalue weighted by Crippen LogP contribution is 2.23. The normalized spacial score (nSPS) is 13.3. The van der Waals surface area contributed by atoms with Crippen LogP contribution in [0, 0.1) is 0 Å². The zero-order valence-electron chi connectivity index (χ0n) is 16.7. The molecule has 0 atom stereocenters. The van der Waals surface area contributed by atoms with Crippen LogP contribution in [-0.4, -0.2) is 35.9 Å². The number of nitrogens with zero attached hydrogens (tertiary/aromatic N) is 3. The molecule has 5 heteroatoms. The van der Waals surface area contributed by atoms with Crippen LogP contribution in [0.1, 0.15) is 28.8 Å².